The molecule has 22 heavy (non-hydrogen) atoms. The molecular formula is C14H15NO6S. The molecule has 3 N–H and O–H groups in total. The summed E-state index contributed by atoms with van der Waals surface area (Å²) >= 11 is 1.06. The Kier molecular flexibility index (Phi) is 5.17. The molecule has 0 saturated heterocycles. The highest BCUT2D eigenvalue weighted by Gasteiger charge is 2.19. The van der Waals surface area contributed by atoms with Gasteiger partial charge in [-0.25, -0.2) is 9.59 Å². The first-order valence-electron chi connectivity index (χ1n) is 6.55. The van der Waals surface area contributed by atoms with Gasteiger partial charge in [-0.05, 0) is 24.1 Å². The Morgan fingerprint density at radius 2 is 2.09 bits per heavy atom. The van der Waals surface area contributed by atoms with Crippen molar-refractivity contribution in [3.63, 3.8) is 0 Å². The highest BCUT2D eigenvalue weighted by molar-refractivity contribution is 8.13. The van der Waals surface area contributed by atoms with Crippen molar-refractivity contribution < 1.29 is 19.4 Å². The lowest BCUT2D eigenvalue weighted by Gasteiger charge is -2.18. The minimum atomic E-state index is -1.21. The molecule has 0 aliphatic carbocycles. The molecule has 1 aromatic carbocycles. The normalized spacial score (nSPS) is 14.0. The van der Waals surface area contributed by atoms with Crippen molar-refractivity contribution in [1.82, 2.24) is 4.98 Å². The Hall–Kier alpha value is -1.90. The van der Waals surface area contributed by atoms with Crippen LogP contribution in [0.15, 0.2) is 32.2 Å². The van der Waals surface area contributed by atoms with Crippen molar-refractivity contribution >= 4 is 27.8 Å². The Labute approximate surface area is 129 Å². The maximum absolute atomic E-state index is 11.6. The number of aromatic nitrogens is 1. The zero-order valence-corrected chi connectivity index (χ0v) is 12.6. The van der Waals surface area contributed by atoms with Gasteiger partial charge in [-0.15, -0.1) is 0 Å². The van der Waals surface area contributed by atoms with Crippen LogP contribution in [0.5, 0.6) is 0 Å². The van der Waals surface area contributed by atoms with Crippen LogP contribution in [0.25, 0.3) is 10.9 Å². The molecular weight excluding hydrogens is 310 g/mol. The number of thioether (sulfide) groups is 1. The van der Waals surface area contributed by atoms with Gasteiger partial charge in [-0.2, -0.15) is 0 Å². The van der Waals surface area contributed by atoms with E-state index in [1.807, 2.05) is 0 Å². The fourth-order valence-corrected chi connectivity index (χ4v) is 2.65. The highest BCUT2D eigenvalue weighted by Crippen LogP contribution is 2.22. The smallest absolute Gasteiger partial charge is 0.390 e. The molecule has 0 aliphatic heterocycles. The van der Waals surface area contributed by atoms with Gasteiger partial charge in [0.1, 0.15) is 6.10 Å². The minimum absolute atomic E-state index is 0.0612. The summed E-state index contributed by atoms with van der Waals surface area (Å²) in [4.78, 5) is 35.9. The van der Waals surface area contributed by atoms with Crippen LogP contribution in [-0.2, 0) is 4.79 Å². The summed E-state index contributed by atoms with van der Waals surface area (Å²) in [6, 6.07) is 4.33. The van der Waals surface area contributed by atoms with Gasteiger partial charge in [0.15, 0.2) is 5.12 Å². The minimum Gasteiger partial charge on any atom is -0.390 e. The summed E-state index contributed by atoms with van der Waals surface area (Å²) < 4.78 is 4.43. The number of rotatable bonds is 5. The van der Waals surface area contributed by atoms with E-state index in [1.54, 1.807) is 0 Å². The molecule has 0 aliphatic rings. The van der Waals surface area contributed by atoms with E-state index in [4.69, 9.17) is 0 Å². The first-order chi connectivity index (χ1) is 10.4. The first kappa shape index (κ1) is 16.5. The molecule has 8 heteroatoms. The van der Waals surface area contributed by atoms with Crippen LogP contribution in [0, 0.1) is 0 Å². The van der Waals surface area contributed by atoms with Crippen LogP contribution in [0.3, 0.4) is 0 Å². The van der Waals surface area contributed by atoms with Gasteiger partial charge in [0, 0.05) is 12.7 Å². The Morgan fingerprint density at radius 1 is 1.36 bits per heavy atom. The van der Waals surface area contributed by atoms with Gasteiger partial charge >= 0.3 is 11.4 Å². The number of fused-ring (bicyclic) bond motifs is 1. The number of hydrogen-bond donors (Lipinski definition) is 3. The van der Waals surface area contributed by atoms with Gasteiger partial charge in [0.05, 0.1) is 17.0 Å². The molecule has 118 valence electrons. The Morgan fingerprint density at radius 3 is 2.77 bits per heavy atom. The van der Waals surface area contributed by atoms with Crippen LogP contribution in [0.1, 0.15) is 25.0 Å². The van der Waals surface area contributed by atoms with Crippen molar-refractivity contribution in [3.8, 4) is 0 Å². The number of aliphatic hydroxyl groups is 2. The largest absolute Gasteiger partial charge is 0.419 e. The quantitative estimate of drug-likeness (QED) is 0.734. The molecule has 0 saturated carbocycles. The molecule has 1 heterocycles. The molecule has 0 bridgehead atoms. The van der Waals surface area contributed by atoms with Crippen LogP contribution in [-0.4, -0.2) is 32.2 Å². The molecule has 2 rings (SSSR count). The molecule has 2 aromatic rings. The van der Waals surface area contributed by atoms with Crippen LogP contribution >= 0.6 is 11.8 Å². The molecule has 0 spiro atoms. The monoisotopic (exact) mass is 325 g/mol. The number of aliphatic hydroxyl groups excluding tert-OH is 2. The average Bonchev–Trinajstić information content (AvgIpc) is 2.45. The third-order valence-electron chi connectivity index (χ3n) is 3.11. The first-order valence-corrected chi connectivity index (χ1v) is 7.53. The van der Waals surface area contributed by atoms with E-state index < -0.39 is 23.6 Å². The number of H-pyrrole nitrogens is 1. The molecule has 0 radical (unpaired) electrons. The van der Waals surface area contributed by atoms with E-state index in [1.165, 1.54) is 25.1 Å². The van der Waals surface area contributed by atoms with Gasteiger partial charge in [-0.1, -0.05) is 17.8 Å². The van der Waals surface area contributed by atoms with E-state index in [2.05, 4.69) is 9.40 Å². The fourth-order valence-electron chi connectivity index (χ4n) is 2.00. The van der Waals surface area contributed by atoms with Crippen molar-refractivity contribution in [2.45, 2.75) is 25.6 Å². The summed E-state index contributed by atoms with van der Waals surface area (Å²) in [6.07, 6.45) is -2.05. The molecule has 1 aromatic heterocycles. The predicted octanol–water partition coefficient (Wildman–Crippen LogP) is 0.545. The van der Waals surface area contributed by atoms with Gasteiger partial charge < -0.3 is 14.6 Å². The average molecular weight is 325 g/mol. The number of hydrogen-bond acceptors (Lipinski definition) is 7. The summed E-state index contributed by atoms with van der Waals surface area (Å²) in [6.45, 7) is 1.43. The van der Waals surface area contributed by atoms with E-state index in [0.717, 1.165) is 11.8 Å². The second-order valence-electron chi connectivity index (χ2n) is 4.75. The van der Waals surface area contributed by atoms with E-state index in [0.29, 0.717) is 16.8 Å². The third-order valence-corrected chi connectivity index (χ3v) is 3.96. The molecule has 0 amide bonds. The number of carbonyl (C=O) groups excluding carboxylic acids is 1. The zero-order chi connectivity index (χ0) is 16.3. The highest BCUT2D eigenvalue weighted by atomic mass is 32.2. The molecule has 0 fully saturated rings. The topological polar surface area (TPSA) is 121 Å². The Balaban J connectivity index is 2.21. The van der Waals surface area contributed by atoms with Gasteiger partial charge in [-0.3, -0.25) is 9.78 Å². The summed E-state index contributed by atoms with van der Waals surface area (Å²) in [5, 5.41) is 20.1. The standard InChI is InChI=1S/C14H15NO6S/c1-7(16)22-5-4-11(17)12(18)8-2-3-10-9(6-8)13(19)21-14(20)15-10/h2-3,6,11-12,17-18H,4-5H2,1H3,(H,15,20). The van der Waals surface area contributed by atoms with Crippen molar-refractivity contribution in [3.05, 3.63) is 44.7 Å². The SMILES string of the molecule is CC(=O)SCCC(O)C(O)c1ccc2[nH]c(=O)oc(=O)c2c1. The summed E-state index contributed by atoms with van der Waals surface area (Å²) in [5.74, 6) is -0.469. The summed E-state index contributed by atoms with van der Waals surface area (Å²) in [5.41, 5.74) is -0.194. The second kappa shape index (κ2) is 6.91. The van der Waals surface area contributed by atoms with Gasteiger partial charge in [0.25, 0.3) is 0 Å². The molecule has 2 atom stereocenters. The molecule has 7 nitrogen and oxygen atoms in total. The predicted molar refractivity (Wildman–Crippen MR) is 81.8 cm³/mol. The van der Waals surface area contributed by atoms with Crippen LogP contribution < -0.4 is 11.4 Å². The van der Waals surface area contributed by atoms with Crippen LogP contribution in [0.2, 0.25) is 0 Å². The van der Waals surface area contributed by atoms with Crippen molar-refractivity contribution in [2.24, 2.45) is 0 Å². The lowest BCUT2D eigenvalue weighted by Crippen LogP contribution is -2.20. The van der Waals surface area contributed by atoms with Crippen LogP contribution in [0.4, 0.5) is 0 Å². The summed E-state index contributed by atoms with van der Waals surface area (Å²) in [7, 11) is 0. The second-order valence-corrected chi connectivity index (χ2v) is 6.02. The maximum atomic E-state index is 11.6. The third kappa shape index (κ3) is 3.85. The fraction of sp³-hybridized carbons (Fsp3) is 0.357. The number of benzene rings is 1. The number of aromatic amines is 1. The zero-order valence-electron chi connectivity index (χ0n) is 11.7. The van der Waals surface area contributed by atoms with Gasteiger partial charge in [0.2, 0.25) is 0 Å². The maximum Gasteiger partial charge on any atom is 0.419 e. The van der Waals surface area contributed by atoms with Crippen molar-refractivity contribution in [1.29, 1.82) is 0 Å². The number of carbonyl (C=O) groups is 1. The van der Waals surface area contributed by atoms with E-state index >= 15 is 0 Å². The number of nitrogens with one attached hydrogen (secondary N) is 1. The lowest BCUT2D eigenvalue weighted by atomic mass is 10.0. The van der Waals surface area contributed by atoms with E-state index in [-0.39, 0.29) is 16.9 Å². The van der Waals surface area contributed by atoms with E-state index in [9.17, 15) is 24.6 Å². The lowest BCUT2D eigenvalue weighted by molar-refractivity contribution is -0.109. The van der Waals surface area contributed by atoms with Crippen molar-refractivity contribution in [2.75, 3.05) is 5.75 Å². The molecule has 2 unspecified atom stereocenters. The Bertz CT molecular complexity index is 796.